The molecule has 0 bridgehead atoms. The summed E-state index contributed by atoms with van der Waals surface area (Å²) in [5.41, 5.74) is -0.926. The van der Waals surface area contributed by atoms with Crippen molar-refractivity contribution >= 4 is 40.6 Å². The summed E-state index contributed by atoms with van der Waals surface area (Å²) in [4.78, 5) is 41.9. The maximum Gasteiger partial charge on any atom is 0.490 e. The van der Waals surface area contributed by atoms with Crippen LogP contribution in [0.3, 0.4) is 0 Å². The number of carboxylic acids is 1. The molecule has 0 saturated carbocycles. The molecule has 0 fully saturated rings. The molecule has 238 valence electrons. The minimum atomic E-state index is -5.08. The Balaban J connectivity index is 0.000000591. The minimum Gasteiger partial charge on any atom is -0.475 e. The summed E-state index contributed by atoms with van der Waals surface area (Å²) >= 11 is 0. The average Bonchev–Trinajstić information content (AvgIpc) is 3.48. The summed E-state index contributed by atoms with van der Waals surface area (Å²) in [5.74, 6) is -3.99. The fourth-order valence-electron chi connectivity index (χ4n) is 4.27. The average molecular weight is 644 g/mol. The van der Waals surface area contributed by atoms with Gasteiger partial charge in [-0.1, -0.05) is 30.3 Å². The van der Waals surface area contributed by atoms with Crippen LogP contribution in [-0.4, -0.2) is 64.0 Å². The van der Waals surface area contributed by atoms with Crippen molar-refractivity contribution in [2.75, 3.05) is 17.3 Å². The molecule has 45 heavy (non-hydrogen) atoms. The van der Waals surface area contributed by atoms with E-state index in [4.69, 9.17) is 9.90 Å². The van der Waals surface area contributed by atoms with Crippen molar-refractivity contribution in [1.29, 1.82) is 0 Å². The Morgan fingerprint density at radius 3 is 2.31 bits per heavy atom. The van der Waals surface area contributed by atoms with Gasteiger partial charge in [0.15, 0.2) is 5.72 Å². The fraction of sp³-hybridized carbons (Fsp3) is 0.185. The molecule has 2 amide bonds. The third kappa shape index (κ3) is 6.44. The van der Waals surface area contributed by atoms with Gasteiger partial charge in [-0.15, -0.1) is 0 Å². The van der Waals surface area contributed by atoms with Gasteiger partial charge in [0.1, 0.15) is 5.75 Å². The van der Waals surface area contributed by atoms with E-state index >= 15 is 0 Å². The second kappa shape index (κ2) is 11.9. The van der Waals surface area contributed by atoms with Crippen LogP contribution in [0.25, 0.3) is 11.0 Å². The zero-order valence-electron chi connectivity index (χ0n) is 22.4. The Hall–Kier alpha value is -5.39. The van der Waals surface area contributed by atoms with Crippen molar-refractivity contribution in [3.05, 3.63) is 83.4 Å². The van der Waals surface area contributed by atoms with Gasteiger partial charge in [-0.3, -0.25) is 15.0 Å². The third-order valence-electron chi connectivity index (χ3n) is 6.18. The monoisotopic (exact) mass is 644 g/mol. The summed E-state index contributed by atoms with van der Waals surface area (Å²) in [7, 11) is 1.18. The fourth-order valence-corrected chi connectivity index (χ4v) is 4.27. The lowest BCUT2D eigenvalue weighted by Gasteiger charge is -2.35. The number of H-pyrrole nitrogens is 1. The van der Waals surface area contributed by atoms with Gasteiger partial charge in [-0.25, -0.2) is 14.6 Å². The number of nitrogens with zero attached hydrogens (tertiary/aromatic N) is 2. The van der Waals surface area contributed by atoms with Crippen LogP contribution in [-0.2, 0) is 15.3 Å². The second-order valence-corrected chi connectivity index (χ2v) is 9.06. The summed E-state index contributed by atoms with van der Waals surface area (Å²) in [6.07, 6.45) is -14.7. The number of imidazole rings is 1. The van der Waals surface area contributed by atoms with Crippen molar-refractivity contribution in [3.63, 3.8) is 0 Å². The van der Waals surface area contributed by atoms with Crippen LogP contribution >= 0.6 is 0 Å². The Labute approximate surface area is 246 Å². The van der Waals surface area contributed by atoms with Crippen molar-refractivity contribution in [2.45, 2.75) is 24.4 Å². The highest BCUT2D eigenvalue weighted by molar-refractivity contribution is 6.12. The molecule has 0 radical (unpaired) electrons. The number of carbonyl (C=O) groups is 3. The normalized spacial score (nSPS) is 16.2. The molecule has 1 aliphatic heterocycles. The topological polar surface area (TPSA) is 154 Å². The number of amides is 2. The van der Waals surface area contributed by atoms with Gasteiger partial charge in [-0.05, 0) is 30.3 Å². The van der Waals surface area contributed by atoms with Crippen molar-refractivity contribution in [2.24, 2.45) is 0 Å². The van der Waals surface area contributed by atoms with Crippen LogP contribution in [0.5, 0.6) is 5.75 Å². The molecule has 1 unspecified atom stereocenters. The number of methoxy groups -OCH3 is 1. The predicted octanol–water partition coefficient (Wildman–Crippen LogP) is 5.47. The first kappa shape index (κ1) is 32.5. The number of fused-ring (bicyclic) bond motifs is 2. The van der Waals surface area contributed by atoms with E-state index in [0.29, 0.717) is 11.0 Å². The van der Waals surface area contributed by atoms with Crippen LogP contribution in [0, 0.1) is 0 Å². The van der Waals surface area contributed by atoms with Gasteiger partial charge in [-0.2, -0.15) is 30.7 Å². The first-order valence-corrected chi connectivity index (χ1v) is 12.3. The number of carbonyl (C=O) groups excluding carboxylic acids is 2. The van der Waals surface area contributed by atoms with E-state index in [2.05, 4.69) is 24.8 Å². The van der Waals surface area contributed by atoms with E-state index in [1.807, 2.05) is 0 Å². The summed E-state index contributed by atoms with van der Waals surface area (Å²) in [6, 6.07) is 15.3. The number of hydrogen-bond acceptors (Lipinski definition) is 7. The zero-order chi connectivity index (χ0) is 33.3. The molecule has 0 aliphatic carbocycles. The maximum absolute atomic E-state index is 13.6. The molecule has 4 N–H and O–H groups in total. The summed E-state index contributed by atoms with van der Waals surface area (Å²) in [5, 5.41) is 21.6. The SMILES string of the molecule is COC(=O)Nc1nc2ccc(C3(O)c4ccccc4C(=O)N3c3cccc(OC(F)(F)C(F)F)c3)cc2[nH]1.O=C(O)C(F)(F)F. The molecule has 1 aliphatic rings. The van der Waals surface area contributed by atoms with Crippen LogP contribution in [0.15, 0.2) is 66.7 Å². The molecule has 2 heterocycles. The number of benzene rings is 3. The Bertz CT molecular complexity index is 1760. The molecule has 0 spiro atoms. The van der Waals surface area contributed by atoms with E-state index in [1.54, 1.807) is 12.1 Å². The number of ether oxygens (including phenoxy) is 2. The number of aromatic nitrogens is 2. The number of aliphatic carboxylic acids is 1. The first-order valence-electron chi connectivity index (χ1n) is 12.3. The number of aromatic amines is 1. The molecule has 18 heteroatoms. The highest BCUT2D eigenvalue weighted by atomic mass is 19.4. The third-order valence-corrected chi connectivity index (χ3v) is 6.18. The van der Waals surface area contributed by atoms with E-state index in [9.17, 15) is 45.4 Å². The molecule has 3 aromatic carbocycles. The number of aliphatic hydroxyl groups is 1. The number of rotatable bonds is 6. The first-order chi connectivity index (χ1) is 21.0. The second-order valence-electron chi connectivity index (χ2n) is 9.06. The van der Waals surface area contributed by atoms with Crippen molar-refractivity contribution in [3.8, 4) is 5.75 Å². The highest BCUT2D eigenvalue weighted by Gasteiger charge is 2.51. The van der Waals surface area contributed by atoms with Crippen LogP contribution < -0.4 is 15.0 Å². The van der Waals surface area contributed by atoms with Gasteiger partial charge < -0.3 is 24.7 Å². The summed E-state index contributed by atoms with van der Waals surface area (Å²) in [6.45, 7) is 0. The number of nitrogens with one attached hydrogen (secondary N) is 2. The molecule has 11 nitrogen and oxygen atoms in total. The van der Waals surface area contributed by atoms with E-state index < -0.39 is 48.2 Å². The lowest BCUT2D eigenvalue weighted by molar-refractivity contribution is -0.253. The van der Waals surface area contributed by atoms with Crippen LogP contribution in [0.2, 0.25) is 0 Å². The lowest BCUT2D eigenvalue weighted by Crippen LogP contribution is -2.45. The predicted molar refractivity (Wildman–Crippen MR) is 140 cm³/mol. The number of hydrogen-bond donors (Lipinski definition) is 4. The molecule has 5 rings (SSSR count). The molecular formula is C27H19F7N4O7. The summed E-state index contributed by atoms with van der Waals surface area (Å²) < 4.78 is 93.0. The quantitative estimate of drug-likeness (QED) is 0.202. The maximum atomic E-state index is 13.6. The number of halogens is 7. The zero-order valence-corrected chi connectivity index (χ0v) is 22.4. The smallest absolute Gasteiger partial charge is 0.475 e. The van der Waals surface area contributed by atoms with Gasteiger partial charge in [0, 0.05) is 22.8 Å². The Morgan fingerprint density at radius 1 is 1.02 bits per heavy atom. The molecule has 4 aromatic rings. The van der Waals surface area contributed by atoms with Crippen molar-refractivity contribution in [1.82, 2.24) is 9.97 Å². The van der Waals surface area contributed by atoms with Crippen LogP contribution in [0.1, 0.15) is 21.5 Å². The van der Waals surface area contributed by atoms with Gasteiger partial charge in [0.05, 0.1) is 23.8 Å². The Kier molecular flexibility index (Phi) is 8.63. The van der Waals surface area contributed by atoms with Gasteiger partial charge >= 0.3 is 30.8 Å². The van der Waals surface area contributed by atoms with E-state index in [0.717, 1.165) is 17.0 Å². The standard InChI is InChI=1S/C25H18F4N4O5.C2HF3O2/c1-37-23(35)32-22-30-18-10-9-13(11-19(18)31-22)24(36)17-8-3-2-7-16(17)20(34)33(24)14-5-4-6-15(12-14)38-25(28,29)21(26)27;3-2(4,5)1(6)7/h2-12,21,36H,1H3,(H2,30,31,32,35);(H,6,7). The Morgan fingerprint density at radius 2 is 1.69 bits per heavy atom. The molecular weight excluding hydrogens is 625 g/mol. The van der Waals surface area contributed by atoms with E-state index in [1.165, 1.54) is 49.6 Å². The van der Waals surface area contributed by atoms with Crippen LogP contribution in [0.4, 0.5) is 47.2 Å². The van der Waals surface area contributed by atoms with Gasteiger partial charge in [0.25, 0.3) is 5.91 Å². The molecule has 1 aromatic heterocycles. The van der Waals surface area contributed by atoms with Gasteiger partial charge in [0.2, 0.25) is 5.95 Å². The highest BCUT2D eigenvalue weighted by Crippen LogP contribution is 2.46. The minimum absolute atomic E-state index is 0.0700. The van der Waals surface area contributed by atoms with Crippen molar-refractivity contribution < 1.29 is 64.8 Å². The lowest BCUT2D eigenvalue weighted by atomic mass is 9.93. The number of carboxylic acid groups (broad SMARTS) is 1. The number of anilines is 2. The number of alkyl halides is 7. The molecule has 1 atom stereocenters. The molecule has 0 saturated heterocycles. The van der Waals surface area contributed by atoms with E-state index in [-0.39, 0.29) is 28.3 Å². The largest absolute Gasteiger partial charge is 0.490 e.